The minimum atomic E-state index is 0.125. The van der Waals surface area contributed by atoms with Crippen LogP contribution in [0.1, 0.15) is 71.1 Å². The monoisotopic (exact) mass is 322 g/mol. The van der Waals surface area contributed by atoms with Gasteiger partial charge in [0, 0.05) is 6.04 Å². The minimum absolute atomic E-state index is 0.125. The zero-order chi connectivity index (χ0) is 13.9. The first-order valence-electron chi connectivity index (χ1n) is 8.57. The molecule has 2 nitrogen and oxygen atoms in total. The third-order valence-electron chi connectivity index (χ3n) is 3.97. The summed E-state index contributed by atoms with van der Waals surface area (Å²) < 4.78 is 0. The molecular formula is C16H33GaN2. The van der Waals surface area contributed by atoms with E-state index in [0.717, 1.165) is 0 Å². The average Bonchev–Trinajstić information content (AvgIpc) is 2.41. The van der Waals surface area contributed by atoms with Gasteiger partial charge in [0.2, 0.25) is 0 Å². The van der Waals surface area contributed by atoms with Gasteiger partial charge < -0.3 is 5.32 Å². The van der Waals surface area contributed by atoms with Crippen molar-refractivity contribution in [3.63, 3.8) is 0 Å². The Hall–Kier alpha value is 0.106. The molecule has 2 aliphatic rings. The van der Waals surface area contributed by atoms with Crippen molar-refractivity contribution in [2.24, 2.45) is 4.99 Å². The van der Waals surface area contributed by atoms with Gasteiger partial charge >= 0.3 is 28.4 Å². The van der Waals surface area contributed by atoms with Crippen LogP contribution in [0.5, 0.6) is 0 Å². The second-order valence-corrected chi connectivity index (χ2v) is 9.16. The summed E-state index contributed by atoms with van der Waals surface area (Å²) >= 11 is 0.125. The van der Waals surface area contributed by atoms with E-state index in [4.69, 9.17) is 4.99 Å². The molecule has 2 saturated carbocycles. The van der Waals surface area contributed by atoms with Crippen molar-refractivity contribution in [2.75, 3.05) is 0 Å². The quantitative estimate of drug-likeness (QED) is 0.460. The molecule has 2 fully saturated rings. The fourth-order valence-electron chi connectivity index (χ4n) is 3.06. The molecule has 0 saturated heterocycles. The number of nitrogens with zero attached hydrogens (tertiary/aromatic N) is 1. The van der Waals surface area contributed by atoms with Crippen LogP contribution in [0, 0.1) is 0 Å². The molecule has 0 heterocycles. The van der Waals surface area contributed by atoms with Gasteiger partial charge in [0.05, 0.1) is 11.9 Å². The summed E-state index contributed by atoms with van der Waals surface area (Å²) in [6.45, 7) is 2.16. The maximum absolute atomic E-state index is 4.84. The SMILES string of the molecule is CC(=NC1CCCCC1)NC1CCCCC1.[CH3][GaH][CH3]. The van der Waals surface area contributed by atoms with Crippen LogP contribution >= 0.6 is 0 Å². The van der Waals surface area contributed by atoms with E-state index >= 15 is 0 Å². The molecule has 0 bridgehead atoms. The van der Waals surface area contributed by atoms with E-state index in [1.165, 1.54) is 70.0 Å². The van der Waals surface area contributed by atoms with Crippen molar-refractivity contribution in [2.45, 2.75) is 94.2 Å². The van der Waals surface area contributed by atoms with Crippen LogP contribution in [0.2, 0.25) is 11.0 Å². The van der Waals surface area contributed by atoms with Crippen LogP contribution in [0.4, 0.5) is 0 Å². The standard InChI is InChI=1S/C14H26N2.2CH3.Ga.H/c1-12(15-13-8-4-2-5-9-13)16-14-10-6-3-7-11-14;;;;/h13-14H,2-11H2,1H3,(H,15,16);2*1H3;;. The van der Waals surface area contributed by atoms with E-state index in [2.05, 4.69) is 23.2 Å². The number of rotatable bonds is 2. The Labute approximate surface area is 128 Å². The van der Waals surface area contributed by atoms with Gasteiger partial charge in [0.15, 0.2) is 0 Å². The van der Waals surface area contributed by atoms with Crippen LogP contribution < -0.4 is 5.32 Å². The normalized spacial score (nSPS) is 22.4. The molecule has 0 aromatic rings. The van der Waals surface area contributed by atoms with Gasteiger partial charge in [-0.15, -0.1) is 0 Å². The Morgan fingerprint density at radius 3 is 1.89 bits per heavy atom. The molecule has 0 radical (unpaired) electrons. The van der Waals surface area contributed by atoms with Crippen molar-refractivity contribution in [3.05, 3.63) is 0 Å². The van der Waals surface area contributed by atoms with Crippen molar-refractivity contribution in [3.8, 4) is 0 Å². The van der Waals surface area contributed by atoms with E-state index in [1.54, 1.807) is 0 Å². The van der Waals surface area contributed by atoms with Crippen LogP contribution in [-0.4, -0.2) is 35.3 Å². The Balaban J connectivity index is 0.000000550. The third kappa shape index (κ3) is 8.08. The summed E-state index contributed by atoms with van der Waals surface area (Å²) in [6.07, 6.45) is 13.7. The summed E-state index contributed by atoms with van der Waals surface area (Å²) in [5.74, 6) is 1.19. The molecule has 0 aliphatic heterocycles. The maximum atomic E-state index is 4.84. The van der Waals surface area contributed by atoms with Crippen LogP contribution in [-0.2, 0) is 0 Å². The van der Waals surface area contributed by atoms with Crippen molar-refractivity contribution in [1.29, 1.82) is 0 Å². The van der Waals surface area contributed by atoms with Gasteiger partial charge in [-0.3, -0.25) is 4.99 Å². The molecule has 3 heteroatoms. The van der Waals surface area contributed by atoms with Gasteiger partial charge in [-0.2, -0.15) is 0 Å². The van der Waals surface area contributed by atoms with Gasteiger partial charge in [-0.05, 0) is 32.6 Å². The van der Waals surface area contributed by atoms with E-state index in [1.807, 2.05) is 0 Å². The number of aliphatic imine (C=N–C) groups is 1. The molecule has 0 aromatic carbocycles. The molecule has 19 heavy (non-hydrogen) atoms. The summed E-state index contributed by atoms with van der Waals surface area (Å²) in [7, 11) is 0. The van der Waals surface area contributed by atoms with Crippen LogP contribution in [0.3, 0.4) is 0 Å². The fraction of sp³-hybridized carbons (Fsp3) is 0.938. The van der Waals surface area contributed by atoms with Gasteiger partial charge in [-0.1, -0.05) is 38.5 Å². The summed E-state index contributed by atoms with van der Waals surface area (Å²) in [5.41, 5.74) is 4.62. The predicted octanol–water partition coefficient (Wildman–Crippen LogP) is 4.18. The summed E-state index contributed by atoms with van der Waals surface area (Å²) in [6, 6.07) is 1.32. The first kappa shape index (κ1) is 17.2. The molecule has 0 aromatic heterocycles. The molecule has 2 rings (SSSR count). The molecular weight excluding hydrogens is 290 g/mol. The predicted molar refractivity (Wildman–Crippen MR) is 88.9 cm³/mol. The molecule has 0 unspecified atom stereocenters. The number of nitrogens with one attached hydrogen (secondary N) is 1. The topological polar surface area (TPSA) is 24.4 Å². The summed E-state index contributed by atoms with van der Waals surface area (Å²) in [4.78, 5) is 4.84. The molecule has 2 aliphatic carbocycles. The second kappa shape index (κ2) is 10.8. The van der Waals surface area contributed by atoms with E-state index in [-0.39, 0.29) is 17.4 Å². The fourth-order valence-corrected chi connectivity index (χ4v) is 3.06. The van der Waals surface area contributed by atoms with Gasteiger partial charge in [0.25, 0.3) is 0 Å². The molecule has 0 amide bonds. The number of hydrogen-bond donors (Lipinski definition) is 1. The second-order valence-electron chi connectivity index (χ2n) is 6.19. The molecule has 110 valence electrons. The van der Waals surface area contributed by atoms with Crippen molar-refractivity contribution in [1.82, 2.24) is 5.32 Å². The van der Waals surface area contributed by atoms with Gasteiger partial charge in [-0.25, -0.2) is 0 Å². The van der Waals surface area contributed by atoms with E-state index < -0.39 is 0 Å². The Morgan fingerprint density at radius 1 is 0.895 bits per heavy atom. The van der Waals surface area contributed by atoms with Crippen molar-refractivity contribution >= 4 is 23.2 Å². The molecule has 1 N–H and O–H groups in total. The average molecular weight is 323 g/mol. The molecule has 0 spiro atoms. The van der Waals surface area contributed by atoms with Gasteiger partial charge in [0.1, 0.15) is 0 Å². The number of amidine groups is 1. The Kier molecular flexibility index (Phi) is 9.79. The summed E-state index contributed by atoms with van der Waals surface area (Å²) in [5, 5.41) is 3.62. The zero-order valence-electron chi connectivity index (χ0n) is 13.4. The van der Waals surface area contributed by atoms with E-state index in [9.17, 15) is 0 Å². The zero-order valence-corrected chi connectivity index (χ0v) is 16.3. The van der Waals surface area contributed by atoms with Crippen LogP contribution in [0.15, 0.2) is 4.99 Å². The Bertz CT molecular complexity index is 241. The first-order chi connectivity index (χ1) is 9.26. The van der Waals surface area contributed by atoms with Crippen molar-refractivity contribution < 1.29 is 0 Å². The van der Waals surface area contributed by atoms with E-state index in [0.29, 0.717) is 12.1 Å². The van der Waals surface area contributed by atoms with Crippen LogP contribution in [0.25, 0.3) is 0 Å². The first-order valence-corrected chi connectivity index (χ1v) is 14.5. The number of hydrogen-bond acceptors (Lipinski definition) is 1. The Morgan fingerprint density at radius 2 is 1.37 bits per heavy atom. The molecule has 0 atom stereocenters. The third-order valence-corrected chi connectivity index (χ3v) is 3.97.